The molecule has 17 heavy (non-hydrogen) atoms. The van der Waals surface area contributed by atoms with Crippen molar-refractivity contribution < 1.29 is 9.50 Å². The van der Waals surface area contributed by atoms with Gasteiger partial charge in [-0.25, -0.2) is 9.37 Å². The molecule has 0 unspecified atom stereocenters. The number of aromatic nitrogens is 2. The number of phenols is 1. The maximum absolute atomic E-state index is 13.6. The SMILES string of the molecule is CCCn1ccnc1Cc1ccc(O)cc1F. The molecule has 4 heteroatoms. The van der Waals surface area contributed by atoms with Gasteiger partial charge in [0.2, 0.25) is 0 Å². The van der Waals surface area contributed by atoms with Crippen LogP contribution in [0.2, 0.25) is 0 Å². The summed E-state index contributed by atoms with van der Waals surface area (Å²) in [5, 5.41) is 9.14. The van der Waals surface area contributed by atoms with Crippen LogP contribution in [0.1, 0.15) is 24.7 Å². The van der Waals surface area contributed by atoms with E-state index in [0.29, 0.717) is 12.0 Å². The predicted molar refractivity (Wildman–Crippen MR) is 63.4 cm³/mol. The minimum Gasteiger partial charge on any atom is -0.508 e. The third-order valence-electron chi connectivity index (χ3n) is 2.65. The van der Waals surface area contributed by atoms with E-state index < -0.39 is 5.82 Å². The van der Waals surface area contributed by atoms with Gasteiger partial charge in [-0.2, -0.15) is 0 Å². The van der Waals surface area contributed by atoms with E-state index in [1.807, 2.05) is 10.8 Å². The fraction of sp³-hybridized carbons (Fsp3) is 0.308. The highest BCUT2D eigenvalue weighted by Crippen LogP contribution is 2.17. The molecule has 0 aliphatic carbocycles. The molecule has 0 atom stereocenters. The number of hydrogen-bond acceptors (Lipinski definition) is 2. The van der Waals surface area contributed by atoms with Crippen molar-refractivity contribution in [2.24, 2.45) is 0 Å². The van der Waals surface area contributed by atoms with Crippen molar-refractivity contribution in [3.8, 4) is 5.75 Å². The summed E-state index contributed by atoms with van der Waals surface area (Å²) >= 11 is 0. The molecule has 0 aliphatic rings. The summed E-state index contributed by atoms with van der Waals surface area (Å²) in [7, 11) is 0. The Morgan fingerprint density at radius 3 is 2.94 bits per heavy atom. The number of hydrogen-bond donors (Lipinski definition) is 1. The average Bonchev–Trinajstić information content (AvgIpc) is 2.71. The first-order valence-electron chi connectivity index (χ1n) is 5.68. The van der Waals surface area contributed by atoms with Crippen LogP contribution in [0.4, 0.5) is 4.39 Å². The summed E-state index contributed by atoms with van der Waals surface area (Å²) < 4.78 is 15.6. The molecule has 3 nitrogen and oxygen atoms in total. The molecule has 0 saturated heterocycles. The molecule has 0 saturated carbocycles. The van der Waals surface area contributed by atoms with Gasteiger partial charge in [-0.05, 0) is 18.1 Å². The van der Waals surface area contributed by atoms with E-state index in [0.717, 1.165) is 24.9 Å². The topological polar surface area (TPSA) is 38.0 Å². The second-order valence-electron chi connectivity index (χ2n) is 3.99. The van der Waals surface area contributed by atoms with Crippen LogP contribution in [0.25, 0.3) is 0 Å². The summed E-state index contributed by atoms with van der Waals surface area (Å²) in [6, 6.07) is 4.21. The summed E-state index contributed by atoms with van der Waals surface area (Å²) in [5.41, 5.74) is 0.548. The summed E-state index contributed by atoms with van der Waals surface area (Å²) in [5.74, 6) is 0.399. The van der Waals surface area contributed by atoms with Gasteiger partial charge >= 0.3 is 0 Å². The quantitative estimate of drug-likeness (QED) is 0.883. The van der Waals surface area contributed by atoms with Crippen LogP contribution in [0.3, 0.4) is 0 Å². The number of rotatable bonds is 4. The minimum absolute atomic E-state index is 0.0526. The zero-order chi connectivity index (χ0) is 12.3. The molecule has 0 bridgehead atoms. The van der Waals surface area contributed by atoms with Crippen molar-refractivity contribution in [3.05, 3.63) is 47.8 Å². The van der Waals surface area contributed by atoms with Gasteiger partial charge in [-0.15, -0.1) is 0 Å². The normalized spacial score (nSPS) is 10.7. The molecule has 0 fully saturated rings. The molecular weight excluding hydrogens is 219 g/mol. The van der Waals surface area contributed by atoms with E-state index in [2.05, 4.69) is 11.9 Å². The Kier molecular flexibility index (Phi) is 3.42. The molecule has 1 aromatic carbocycles. The Morgan fingerprint density at radius 1 is 1.41 bits per heavy atom. The zero-order valence-electron chi connectivity index (χ0n) is 9.73. The van der Waals surface area contributed by atoms with E-state index in [-0.39, 0.29) is 5.75 Å². The first kappa shape index (κ1) is 11.6. The number of aryl methyl sites for hydroxylation is 1. The van der Waals surface area contributed by atoms with Gasteiger partial charge in [-0.3, -0.25) is 0 Å². The van der Waals surface area contributed by atoms with Crippen LogP contribution in [0.15, 0.2) is 30.6 Å². The van der Waals surface area contributed by atoms with Crippen LogP contribution < -0.4 is 0 Å². The van der Waals surface area contributed by atoms with Crippen LogP contribution in [0, 0.1) is 5.82 Å². The number of imidazole rings is 1. The Hall–Kier alpha value is -1.84. The zero-order valence-corrected chi connectivity index (χ0v) is 9.73. The maximum atomic E-state index is 13.6. The fourth-order valence-electron chi connectivity index (χ4n) is 1.80. The van der Waals surface area contributed by atoms with Gasteiger partial charge < -0.3 is 9.67 Å². The van der Waals surface area contributed by atoms with Crippen molar-refractivity contribution in [1.29, 1.82) is 0 Å². The number of nitrogens with zero attached hydrogens (tertiary/aromatic N) is 2. The van der Waals surface area contributed by atoms with Gasteiger partial charge in [0.15, 0.2) is 0 Å². The minimum atomic E-state index is -0.393. The highest BCUT2D eigenvalue weighted by atomic mass is 19.1. The number of halogens is 1. The lowest BCUT2D eigenvalue weighted by Crippen LogP contribution is -2.04. The molecule has 0 spiro atoms. The second kappa shape index (κ2) is 4.99. The van der Waals surface area contributed by atoms with Crippen molar-refractivity contribution in [3.63, 3.8) is 0 Å². The number of phenolic OH excluding ortho intramolecular Hbond substituents is 1. The van der Waals surface area contributed by atoms with Crippen LogP contribution in [-0.4, -0.2) is 14.7 Å². The summed E-state index contributed by atoms with van der Waals surface area (Å²) in [4.78, 5) is 4.23. The van der Waals surface area contributed by atoms with Gasteiger partial charge in [0.1, 0.15) is 17.4 Å². The van der Waals surface area contributed by atoms with Crippen LogP contribution in [0.5, 0.6) is 5.75 Å². The predicted octanol–water partition coefficient (Wildman–Crippen LogP) is 2.73. The molecule has 0 amide bonds. The van der Waals surface area contributed by atoms with Crippen LogP contribution in [-0.2, 0) is 13.0 Å². The maximum Gasteiger partial charge on any atom is 0.130 e. The lowest BCUT2D eigenvalue weighted by atomic mass is 10.1. The lowest BCUT2D eigenvalue weighted by molar-refractivity contribution is 0.468. The molecule has 1 heterocycles. The van der Waals surface area contributed by atoms with Crippen molar-refractivity contribution in [2.75, 3.05) is 0 Å². The molecule has 2 rings (SSSR count). The summed E-state index contributed by atoms with van der Waals surface area (Å²) in [6.07, 6.45) is 5.08. The van der Waals surface area contributed by atoms with E-state index in [9.17, 15) is 4.39 Å². The van der Waals surface area contributed by atoms with Crippen molar-refractivity contribution >= 4 is 0 Å². The molecule has 2 aromatic rings. The lowest BCUT2D eigenvalue weighted by Gasteiger charge is -2.07. The van der Waals surface area contributed by atoms with E-state index in [1.54, 1.807) is 12.3 Å². The molecule has 1 N–H and O–H groups in total. The van der Waals surface area contributed by atoms with Crippen molar-refractivity contribution in [2.45, 2.75) is 26.3 Å². The number of benzene rings is 1. The number of aromatic hydroxyl groups is 1. The largest absolute Gasteiger partial charge is 0.508 e. The Morgan fingerprint density at radius 2 is 2.24 bits per heavy atom. The fourth-order valence-corrected chi connectivity index (χ4v) is 1.80. The highest BCUT2D eigenvalue weighted by Gasteiger charge is 2.08. The Labute approximate surface area is 99.5 Å². The monoisotopic (exact) mass is 234 g/mol. The first-order chi connectivity index (χ1) is 8.20. The second-order valence-corrected chi connectivity index (χ2v) is 3.99. The average molecular weight is 234 g/mol. The Bertz CT molecular complexity index is 508. The smallest absolute Gasteiger partial charge is 0.130 e. The third kappa shape index (κ3) is 2.64. The van der Waals surface area contributed by atoms with Gasteiger partial charge in [-0.1, -0.05) is 13.0 Å². The van der Waals surface area contributed by atoms with Gasteiger partial charge in [0, 0.05) is 31.4 Å². The molecule has 90 valence electrons. The van der Waals surface area contributed by atoms with E-state index in [1.165, 1.54) is 6.07 Å². The van der Waals surface area contributed by atoms with Gasteiger partial charge in [0.05, 0.1) is 0 Å². The van der Waals surface area contributed by atoms with E-state index in [4.69, 9.17) is 5.11 Å². The highest BCUT2D eigenvalue weighted by molar-refractivity contribution is 5.29. The van der Waals surface area contributed by atoms with E-state index >= 15 is 0 Å². The first-order valence-corrected chi connectivity index (χ1v) is 5.68. The Balaban J connectivity index is 2.22. The third-order valence-corrected chi connectivity index (χ3v) is 2.65. The molecular formula is C13H15FN2O. The van der Waals surface area contributed by atoms with Gasteiger partial charge in [0.25, 0.3) is 0 Å². The standard InChI is InChI=1S/C13H15FN2O/c1-2-6-16-7-5-15-13(16)8-10-3-4-11(17)9-12(10)14/h3-5,7,9,17H,2,6,8H2,1H3. The van der Waals surface area contributed by atoms with Crippen LogP contribution >= 0.6 is 0 Å². The molecule has 1 aromatic heterocycles. The molecule has 0 aliphatic heterocycles. The molecule has 0 radical (unpaired) electrons. The summed E-state index contributed by atoms with van der Waals surface area (Å²) in [6.45, 7) is 2.97. The van der Waals surface area contributed by atoms with Crippen molar-refractivity contribution in [1.82, 2.24) is 9.55 Å².